The van der Waals surface area contributed by atoms with Gasteiger partial charge in [-0.05, 0) is 37.9 Å². The molecular weight excluding hydrogens is 220 g/mol. The van der Waals surface area contributed by atoms with Gasteiger partial charge in [-0.2, -0.15) is 11.8 Å². The molecule has 1 N–H and O–H groups in total. The van der Waals surface area contributed by atoms with Crippen LogP contribution >= 0.6 is 11.8 Å². The minimum atomic E-state index is -0.127. The average molecular weight is 244 g/mol. The van der Waals surface area contributed by atoms with E-state index < -0.39 is 0 Å². The van der Waals surface area contributed by atoms with E-state index in [1.54, 1.807) is 11.8 Å². The normalized spacial score (nSPS) is 31.5. The molecule has 1 saturated carbocycles. The van der Waals surface area contributed by atoms with Gasteiger partial charge < -0.3 is 9.84 Å². The highest BCUT2D eigenvalue weighted by molar-refractivity contribution is 7.98. The van der Waals surface area contributed by atoms with E-state index in [0.717, 1.165) is 25.2 Å². The molecule has 1 heterocycles. The van der Waals surface area contributed by atoms with E-state index in [9.17, 15) is 5.11 Å². The van der Waals surface area contributed by atoms with Crippen LogP contribution in [0.4, 0.5) is 0 Å². The van der Waals surface area contributed by atoms with Crippen LogP contribution in [-0.4, -0.2) is 35.4 Å². The molecule has 2 fully saturated rings. The molecule has 1 spiro atoms. The smallest absolute Gasteiger partial charge is 0.0686 e. The molecular formula is C13H24O2S. The Balaban J connectivity index is 1.92. The first-order valence-electron chi connectivity index (χ1n) is 6.57. The van der Waals surface area contributed by atoms with Crippen molar-refractivity contribution in [3.63, 3.8) is 0 Å². The number of ether oxygens (including phenoxy) is 1. The van der Waals surface area contributed by atoms with Crippen LogP contribution in [0.5, 0.6) is 0 Å². The molecule has 2 rings (SSSR count). The Morgan fingerprint density at radius 3 is 2.81 bits per heavy atom. The lowest BCUT2D eigenvalue weighted by atomic mass is 9.75. The van der Waals surface area contributed by atoms with E-state index in [0.29, 0.717) is 5.92 Å². The molecule has 3 heteroatoms. The largest absolute Gasteiger partial charge is 0.392 e. The van der Waals surface area contributed by atoms with Crippen molar-refractivity contribution < 1.29 is 9.84 Å². The van der Waals surface area contributed by atoms with Crippen LogP contribution in [0.1, 0.15) is 44.9 Å². The first-order valence-corrected chi connectivity index (χ1v) is 7.96. The minimum absolute atomic E-state index is 0.127. The quantitative estimate of drug-likeness (QED) is 0.828. The molecule has 16 heavy (non-hydrogen) atoms. The summed E-state index contributed by atoms with van der Waals surface area (Å²) in [5, 5.41) is 10.1. The van der Waals surface area contributed by atoms with E-state index in [1.165, 1.54) is 32.1 Å². The second-order valence-electron chi connectivity index (χ2n) is 5.37. The van der Waals surface area contributed by atoms with Crippen molar-refractivity contribution in [2.24, 2.45) is 5.92 Å². The van der Waals surface area contributed by atoms with Gasteiger partial charge in [0, 0.05) is 12.4 Å². The van der Waals surface area contributed by atoms with Gasteiger partial charge in [0.05, 0.1) is 11.7 Å². The second-order valence-corrected chi connectivity index (χ2v) is 6.28. The lowest BCUT2D eigenvalue weighted by Crippen LogP contribution is -2.44. The Morgan fingerprint density at radius 2 is 2.12 bits per heavy atom. The number of hydrogen-bond donors (Lipinski definition) is 1. The Hall–Kier alpha value is 0.270. The molecule has 2 nitrogen and oxygen atoms in total. The average Bonchev–Trinajstić information content (AvgIpc) is 2.30. The van der Waals surface area contributed by atoms with Gasteiger partial charge in [0.1, 0.15) is 0 Å². The molecule has 1 saturated heterocycles. The number of aliphatic hydroxyl groups is 1. The van der Waals surface area contributed by atoms with Crippen molar-refractivity contribution in [1.82, 2.24) is 0 Å². The van der Waals surface area contributed by atoms with Gasteiger partial charge in [0.2, 0.25) is 0 Å². The van der Waals surface area contributed by atoms with Gasteiger partial charge in [-0.3, -0.25) is 0 Å². The predicted molar refractivity (Wildman–Crippen MR) is 68.9 cm³/mol. The first-order chi connectivity index (χ1) is 7.76. The summed E-state index contributed by atoms with van der Waals surface area (Å²) in [5.74, 6) is 1.35. The van der Waals surface area contributed by atoms with Crippen LogP contribution in [0.2, 0.25) is 0 Å². The van der Waals surface area contributed by atoms with E-state index in [1.807, 2.05) is 0 Å². The van der Waals surface area contributed by atoms with Crippen LogP contribution in [-0.2, 0) is 4.74 Å². The zero-order valence-corrected chi connectivity index (χ0v) is 11.1. The molecule has 0 amide bonds. The molecule has 2 atom stereocenters. The van der Waals surface area contributed by atoms with Crippen LogP contribution < -0.4 is 0 Å². The standard InChI is InChI=1S/C13H24O2S/c1-16-10-12(14)11-5-8-15-13(9-11)6-3-2-4-7-13/h11-12,14H,2-10H2,1H3. The van der Waals surface area contributed by atoms with Crippen molar-refractivity contribution in [3.05, 3.63) is 0 Å². The van der Waals surface area contributed by atoms with Crippen LogP contribution in [0.15, 0.2) is 0 Å². The minimum Gasteiger partial charge on any atom is -0.392 e. The van der Waals surface area contributed by atoms with Crippen LogP contribution in [0.25, 0.3) is 0 Å². The Bertz CT molecular complexity index is 208. The summed E-state index contributed by atoms with van der Waals surface area (Å²) in [6.07, 6.45) is 10.5. The predicted octanol–water partition coefficient (Wildman–Crippen LogP) is 2.84. The van der Waals surface area contributed by atoms with Crippen molar-refractivity contribution in [3.8, 4) is 0 Å². The fraction of sp³-hybridized carbons (Fsp3) is 1.00. The molecule has 0 aromatic heterocycles. The maximum atomic E-state index is 10.1. The SMILES string of the molecule is CSCC(O)C1CCOC2(CCCCC2)C1. The zero-order valence-electron chi connectivity index (χ0n) is 10.3. The number of hydrogen-bond acceptors (Lipinski definition) is 3. The highest BCUT2D eigenvalue weighted by Gasteiger charge is 2.40. The van der Waals surface area contributed by atoms with Crippen molar-refractivity contribution in [2.45, 2.75) is 56.7 Å². The summed E-state index contributed by atoms with van der Waals surface area (Å²) in [6, 6.07) is 0. The van der Waals surface area contributed by atoms with E-state index in [4.69, 9.17) is 4.74 Å². The lowest BCUT2D eigenvalue weighted by Gasteiger charge is -2.44. The molecule has 0 bridgehead atoms. The monoisotopic (exact) mass is 244 g/mol. The molecule has 2 unspecified atom stereocenters. The third-order valence-electron chi connectivity index (χ3n) is 4.18. The first kappa shape index (κ1) is 12.7. The van der Waals surface area contributed by atoms with Crippen LogP contribution in [0.3, 0.4) is 0 Å². The lowest BCUT2D eigenvalue weighted by molar-refractivity contribution is -0.131. The maximum absolute atomic E-state index is 10.1. The number of rotatable bonds is 3. The molecule has 94 valence electrons. The van der Waals surface area contributed by atoms with Crippen molar-refractivity contribution in [1.29, 1.82) is 0 Å². The summed E-state index contributed by atoms with van der Waals surface area (Å²) in [7, 11) is 0. The number of thioether (sulfide) groups is 1. The summed E-state index contributed by atoms with van der Waals surface area (Å²) < 4.78 is 6.05. The Labute approximate surface area is 103 Å². The third-order valence-corrected chi connectivity index (χ3v) is 4.85. The maximum Gasteiger partial charge on any atom is 0.0686 e. The van der Waals surface area contributed by atoms with E-state index in [2.05, 4.69) is 6.26 Å². The highest BCUT2D eigenvalue weighted by Crippen LogP contribution is 2.41. The van der Waals surface area contributed by atoms with Gasteiger partial charge in [0.25, 0.3) is 0 Å². The number of aliphatic hydroxyl groups excluding tert-OH is 1. The summed E-state index contributed by atoms with van der Waals surface area (Å²) in [4.78, 5) is 0. The summed E-state index contributed by atoms with van der Waals surface area (Å²) in [5.41, 5.74) is 0.139. The van der Waals surface area contributed by atoms with Crippen LogP contribution in [0, 0.1) is 5.92 Å². The second kappa shape index (κ2) is 5.74. The van der Waals surface area contributed by atoms with E-state index in [-0.39, 0.29) is 11.7 Å². The van der Waals surface area contributed by atoms with Gasteiger partial charge in [0.15, 0.2) is 0 Å². The Morgan fingerprint density at radius 1 is 1.38 bits per heavy atom. The molecule has 1 aliphatic heterocycles. The fourth-order valence-corrected chi connectivity index (χ4v) is 3.86. The van der Waals surface area contributed by atoms with E-state index >= 15 is 0 Å². The van der Waals surface area contributed by atoms with Gasteiger partial charge in [-0.15, -0.1) is 0 Å². The zero-order chi connectivity index (χ0) is 11.4. The molecule has 0 radical (unpaired) electrons. The highest BCUT2D eigenvalue weighted by atomic mass is 32.2. The Kier molecular flexibility index (Phi) is 4.57. The third kappa shape index (κ3) is 2.93. The molecule has 0 aromatic carbocycles. The molecule has 2 aliphatic rings. The van der Waals surface area contributed by atoms with Crippen molar-refractivity contribution >= 4 is 11.8 Å². The van der Waals surface area contributed by atoms with Gasteiger partial charge >= 0.3 is 0 Å². The summed E-state index contributed by atoms with van der Waals surface area (Å²) in [6.45, 7) is 0.857. The topological polar surface area (TPSA) is 29.5 Å². The summed E-state index contributed by atoms with van der Waals surface area (Å²) >= 11 is 1.75. The van der Waals surface area contributed by atoms with Gasteiger partial charge in [-0.1, -0.05) is 19.3 Å². The van der Waals surface area contributed by atoms with Gasteiger partial charge in [-0.25, -0.2) is 0 Å². The van der Waals surface area contributed by atoms with Crippen molar-refractivity contribution in [2.75, 3.05) is 18.6 Å². The molecule has 1 aliphatic carbocycles. The fourth-order valence-electron chi connectivity index (χ4n) is 3.25. The molecule has 0 aromatic rings.